The molecule has 2 rings (SSSR count). The van der Waals surface area contributed by atoms with Gasteiger partial charge in [-0.1, -0.05) is 23.2 Å². The molecular weight excluding hydrogens is 313 g/mol. The van der Waals surface area contributed by atoms with E-state index in [1.807, 2.05) is 7.05 Å². The van der Waals surface area contributed by atoms with Crippen LogP contribution in [-0.4, -0.2) is 56.7 Å². The van der Waals surface area contributed by atoms with Crippen LogP contribution in [0.3, 0.4) is 0 Å². The third-order valence-corrected chi connectivity index (χ3v) is 3.96. The van der Waals surface area contributed by atoms with Crippen LogP contribution in [0.2, 0.25) is 10.0 Å². The lowest BCUT2D eigenvalue weighted by molar-refractivity contribution is -0.119. The molecular formula is C14H19Cl2N3O2. The van der Waals surface area contributed by atoms with Gasteiger partial charge in [-0.05, 0) is 25.2 Å². The molecule has 5 nitrogen and oxygen atoms in total. The van der Waals surface area contributed by atoms with E-state index in [1.54, 1.807) is 18.2 Å². The molecule has 1 fully saturated rings. The summed E-state index contributed by atoms with van der Waals surface area (Å²) in [7, 11) is 1.89. The van der Waals surface area contributed by atoms with E-state index in [-0.39, 0.29) is 12.0 Å². The van der Waals surface area contributed by atoms with Crippen molar-refractivity contribution in [2.45, 2.75) is 6.10 Å². The summed E-state index contributed by atoms with van der Waals surface area (Å²) in [5.74, 6) is -0.0708. The van der Waals surface area contributed by atoms with Crippen LogP contribution in [0.4, 0.5) is 5.69 Å². The average Bonchev–Trinajstić information content (AvgIpc) is 2.43. The monoisotopic (exact) mass is 331 g/mol. The summed E-state index contributed by atoms with van der Waals surface area (Å²) in [6, 6.07) is 5.04. The molecule has 7 heteroatoms. The van der Waals surface area contributed by atoms with Crippen molar-refractivity contribution in [3.8, 4) is 0 Å². The molecule has 1 saturated heterocycles. The number of morpholine rings is 1. The highest BCUT2D eigenvalue weighted by Crippen LogP contribution is 2.24. The maximum atomic E-state index is 12.1. The highest BCUT2D eigenvalue weighted by Gasteiger charge is 2.21. The van der Waals surface area contributed by atoms with E-state index >= 15 is 0 Å². The van der Waals surface area contributed by atoms with Crippen LogP contribution < -0.4 is 10.6 Å². The fourth-order valence-electron chi connectivity index (χ4n) is 2.25. The van der Waals surface area contributed by atoms with Crippen LogP contribution in [0.1, 0.15) is 0 Å². The second kappa shape index (κ2) is 7.96. The molecule has 21 heavy (non-hydrogen) atoms. The van der Waals surface area contributed by atoms with Gasteiger partial charge < -0.3 is 15.4 Å². The molecule has 0 spiro atoms. The number of carbonyl (C=O) groups is 1. The normalized spacial score (nSPS) is 19.5. The van der Waals surface area contributed by atoms with Gasteiger partial charge in [-0.3, -0.25) is 9.69 Å². The fraction of sp³-hybridized carbons (Fsp3) is 0.500. The first-order valence-corrected chi connectivity index (χ1v) is 7.57. The Morgan fingerprint density at radius 2 is 2.24 bits per heavy atom. The van der Waals surface area contributed by atoms with Crippen molar-refractivity contribution < 1.29 is 9.53 Å². The number of hydrogen-bond acceptors (Lipinski definition) is 4. The predicted molar refractivity (Wildman–Crippen MR) is 85.2 cm³/mol. The van der Waals surface area contributed by atoms with Crippen LogP contribution in [-0.2, 0) is 9.53 Å². The third-order valence-electron chi connectivity index (χ3n) is 3.23. The minimum Gasteiger partial charge on any atom is -0.374 e. The Morgan fingerprint density at radius 3 is 2.95 bits per heavy atom. The Hall–Kier alpha value is -0.850. The van der Waals surface area contributed by atoms with Gasteiger partial charge in [0.25, 0.3) is 0 Å². The Balaban J connectivity index is 1.84. The van der Waals surface area contributed by atoms with Crippen LogP contribution in [0.5, 0.6) is 0 Å². The SMILES string of the molecule is CNCC1CN(CC(=O)Nc2ccc(Cl)c(Cl)c2)CCO1. The lowest BCUT2D eigenvalue weighted by Gasteiger charge is -2.32. The Labute approximate surface area is 134 Å². The van der Waals surface area contributed by atoms with Crippen molar-refractivity contribution in [2.24, 2.45) is 0 Å². The average molecular weight is 332 g/mol. The van der Waals surface area contributed by atoms with Gasteiger partial charge in [-0.15, -0.1) is 0 Å². The largest absolute Gasteiger partial charge is 0.374 e. The highest BCUT2D eigenvalue weighted by atomic mass is 35.5. The van der Waals surface area contributed by atoms with Crippen LogP contribution in [0.25, 0.3) is 0 Å². The number of carbonyl (C=O) groups excluding carboxylic acids is 1. The van der Waals surface area contributed by atoms with Gasteiger partial charge in [-0.25, -0.2) is 0 Å². The summed E-state index contributed by atoms with van der Waals surface area (Å²) in [6.45, 7) is 3.27. The first kappa shape index (κ1) is 16.5. The zero-order chi connectivity index (χ0) is 15.2. The third kappa shape index (κ3) is 5.13. The molecule has 0 radical (unpaired) electrons. The minimum atomic E-state index is -0.0708. The number of hydrogen-bond donors (Lipinski definition) is 2. The number of benzene rings is 1. The molecule has 0 aliphatic carbocycles. The molecule has 1 amide bonds. The van der Waals surface area contributed by atoms with Gasteiger partial charge in [-0.2, -0.15) is 0 Å². The predicted octanol–water partition coefficient (Wildman–Crippen LogP) is 1.85. The van der Waals surface area contributed by atoms with Crippen LogP contribution in [0, 0.1) is 0 Å². The van der Waals surface area contributed by atoms with Crippen molar-refractivity contribution in [2.75, 3.05) is 45.2 Å². The Kier molecular flexibility index (Phi) is 6.26. The minimum absolute atomic E-state index is 0.0708. The van der Waals surface area contributed by atoms with E-state index in [0.29, 0.717) is 28.9 Å². The highest BCUT2D eigenvalue weighted by molar-refractivity contribution is 6.42. The standard InChI is InChI=1S/C14H19Cl2N3O2/c1-17-7-11-8-19(4-5-21-11)9-14(20)18-10-2-3-12(15)13(16)6-10/h2-3,6,11,17H,4-5,7-9H2,1H3,(H,18,20). The van der Waals surface area contributed by atoms with E-state index in [9.17, 15) is 4.79 Å². The van der Waals surface area contributed by atoms with Crippen LogP contribution >= 0.6 is 23.2 Å². The number of halogens is 2. The molecule has 1 aliphatic rings. The van der Waals surface area contributed by atoms with Crippen LogP contribution in [0.15, 0.2) is 18.2 Å². The van der Waals surface area contributed by atoms with Gasteiger partial charge in [0.15, 0.2) is 0 Å². The topological polar surface area (TPSA) is 53.6 Å². The van der Waals surface area contributed by atoms with Crippen molar-refractivity contribution in [3.05, 3.63) is 28.2 Å². The summed E-state index contributed by atoms with van der Waals surface area (Å²) in [4.78, 5) is 14.1. The fourth-order valence-corrected chi connectivity index (χ4v) is 2.55. The smallest absolute Gasteiger partial charge is 0.238 e. The van der Waals surface area contributed by atoms with E-state index in [4.69, 9.17) is 27.9 Å². The quantitative estimate of drug-likeness (QED) is 0.864. The molecule has 0 saturated carbocycles. The molecule has 116 valence electrons. The van der Waals surface area contributed by atoms with E-state index in [0.717, 1.165) is 19.6 Å². The first-order valence-electron chi connectivity index (χ1n) is 6.82. The lowest BCUT2D eigenvalue weighted by Crippen LogP contribution is -2.48. The lowest BCUT2D eigenvalue weighted by atomic mass is 10.2. The number of nitrogens with one attached hydrogen (secondary N) is 2. The summed E-state index contributed by atoms with van der Waals surface area (Å²) >= 11 is 11.8. The van der Waals surface area contributed by atoms with Crippen molar-refractivity contribution >= 4 is 34.8 Å². The van der Waals surface area contributed by atoms with Gasteiger partial charge in [0.05, 0.1) is 29.3 Å². The van der Waals surface area contributed by atoms with Gasteiger partial charge >= 0.3 is 0 Å². The molecule has 1 heterocycles. The number of anilines is 1. The molecule has 2 N–H and O–H groups in total. The molecule has 1 unspecified atom stereocenters. The van der Waals surface area contributed by atoms with Gasteiger partial charge in [0, 0.05) is 25.3 Å². The first-order chi connectivity index (χ1) is 10.1. The maximum Gasteiger partial charge on any atom is 0.238 e. The summed E-state index contributed by atoms with van der Waals surface area (Å²) in [5, 5.41) is 6.80. The number of amides is 1. The summed E-state index contributed by atoms with van der Waals surface area (Å²) in [6.07, 6.45) is 0.126. The molecule has 0 bridgehead atoms. The Bertz CT molecular complexity index is 497. The number of nitrogens with zero attached hydrogens (tertiary/aromatic N) is 1. The van der Waals surface area contributed by atoms with Gasteiger partial charge in [0.1, 0.15) is 0 Å². The number of likely N-dealkylation sites (N-methyl/N-ethyl adjacent to an activating group) is 1. The van der Waals surface area contributed by atoms with E-state index in [1.165, 1.54) is 0 Å². The zero-order valence-electron chi connectivity index (χ0n) is 11.9. The Morgan fingerprint density at radius 1 is 1.43 bits per heavy atom. The maximum absolute atomic E-state index is 12.1. The molecule has 1 atom stereocenters. The van der Waals surface area contributed by atoms with E-state index in [2.05, 4.69) is 15.5 Å². The summed E-state index contributed by atoms with van der Waals surface area (Å²) < 4.78 is 5.61. The second-order valence-electron chi connectivity index (χ2n) is 4.96. The van der Waals surface area contributed by atoms with Crippen molar-refractivity contribution in [1.29, 1.82) is 0 Å². The van der Waals surface area contributed by atoms with Crippen molar-refractivity contribution in [3.63, 3.8) is 0 Å². The van der Waals surface area contributed by atoms with Gasteiger partial charge in [0.2, 0.25) is 5.91 Å². The summed E-state index contributed by atoms with van der Waals surface area (Å²) in [5.41, 5.74) is 0.648. The van der Waals surface area contributed by atoms with E-state index < -0.39 is 0 Å². The number of ether oxygens (including phenoxy) is 1. The molecule has 1 aromatic carbocycles. The second-order valence-corrected chi connectivity index (χ2v) is 5.78. The molecule has 0 aromatic heterocycles. The molecule has 1 aromatic rings. The van der Waals surface area contributed by atoms with Crippen molar-refractivity contribution in [1.82, 2.24) is 10.2 Å². The molecule has 1 aliphatic heterocycles. The number of rotatable bonds is 5. The zero-order valence-corrected chi connectivity index (χ0v) is 13.4.